The highest BCUT2D eigenvalue weighted by Gasteiger charge is 2.59. The summed E-state index contributed by atoms with van der Waals surface area (Å²) >= 11 is 1.40. The molecule has 2 N–H and O–H groups in total. The number of nitrogens with zero attached hydrogens (tertiary/aromatic N) is 1. The number of nitriles is 1. The van der Waals surface area contributed by atoms with Crippen molar-refractivity contribution in [3.8, 4) is 6.07 Å². The van der Waals surface area contributed by atoms with E-state index in [0.29, 0.717) is 33.9 Å². The molecule has 0 radical (unpaired) electrons. The first-order valence-corrected chi connectivity index (χ1v) is 17.7. The van der Waals surface area contributed by atoms with E-state index >= 15 is 0 Å². The van der Waals surface area contributed by atoms with Gasteiger partial charge in [0.25, 0.3) is 5.91 Å². The lowest BCUT2D eigenvalue weighted by molar-refractivity contribution is -0.112. The van der Waals surface area contributed by atoms with Gasteiger partial charge in [0.2, 0.25) is 0 Å². The van der Waals surface area contributed by atoms with E-state index in [9.17, 15) is 20.0 Å². The van der Waals surface area contributed by atoms with Crippen molar-refractivity contribution in [2.24, 2.45) is 28.6 Å². The van der Waals surface area contributed by atoms with Crippen LogP contribution in [0.1, 0.15) is 98.2 Å². The van der Waals surface area contributed by atoms with Gasteiger partial charge in [0, 0.05) is 5.56 Å². The van der Waals surface area contributed by atoms with Crippen molar-refractivity contribution in [3.05, 3.63) is 106 Å². The van der Waals surface area contributed by atoms with Gasteiger partial charge in [0.05, 0.1) is 11.7 Å². The van der Waals surface area contributed by atoms with Gasteiger partial charge in [-0.2, -0.15) is 5.26 Å². The minimum absolute atomic E-state index is 0.000997. The normalized spacial score (nSPS) is 31.9. The third-order valence-electron chi connectivity index (χ3n) is 12.2. The molecule has 0 aliphatic heterocycles. The van der Waals surface area contributed by atoms with Crippen molar-refractivity contribution in [1.29, 1.82) is 5.26 Å². The van der Waals surface area contributed by atoms with Crippen LogP contribution in [0.5, 0.6) is 0 Å². The van der Waals surface area contributed by atoms with E-state index in [4.69, 9.17) is 0 Å². The second kappa shape index (κ2) is 12.1. The number of carbonyl (C=O) groups is 2. The predicted molar refractivity (Wildman–Crippen MR) is 183 cm³/mol. The van der Waals surface area contributed by atoms with Gasteiger partial charge in [-0.05, 0) is 108 Å². The predicted octanol–water partition coefficient (Wildman–Crippen LogP) is 8.93. The van der Waals surface area contributed by atoms with E-state index in [1.165, 1.54) is 23.3 Å². The molecule has 1 aromatic heterocycles. The molecule has 3 saturated carbocycles. The van der Waals surface area contributed by atoms with Crippen LogP contribution in [0.15, 0.2) is 83.3 Å². The number of nitrogens with one attached hydrogen (secondary N) is 1. The molecular formula is C40H42N2O3S. The molecule has 2 aromatic carbocycles. The van der Waals surface area contributed by atoms with Gasteiger partial charge in [-0.25, -0.2) is 0 Å². The summed E-state index contributed by atoms with van der Waals surface area (Å²) in [7, 11) is 0. The average molecular weight is 631 g/mol. The molecule has 1 amide bonds. The number of anilines is 1. The minimum atomic E-state index is -0.506. The van der Waals surface area contributed by atoms with Crippen molar-refractivity contribution in [3.63, 3.8) is 0 Å². The van der Waals surface area contributed by atoms with Gasteiger partial charge < -0.3 is 10.4 Å². The monoisotopic (exact) mass is 630 g/mol. The molecule has 0 bridgehead atoms. The van der Waals surface area contributed by atoms with Crippen molar-refractivity contribution in [1.82, 2.24) is 0 Å². The molecule has 0 unspecified atom stereocenters. The van der Waals surface area contributed by atoms with Crippen LogP contribution >= 0.6 is 11.3 Å². The Hall–Kier alpha value is -3.79. The maximum atomic E-state index is 14.3. The van der Waals surface area contributed by atoms with Gasteiger partial charge in [0.1, 0.15) is 16.6 Å². The zero-order valence-corrected chi connectivity index (χ0v) is 27.5. The number of aliphatic hydroxyl groups excluding tert-OH is 1. The summed E-state index contributed by atoms with van der Waals surface area (Å²) in [6.07, 6.45) is 12.2. The second-order valence-electron chi connectivity index (χ2n) is 14.5. The molecule has 7 rings (SSSR count). The minimum Gasteiger partial charge on any atom is -0.393 e. The molecule has 1 heterocycles. The van der Waals surface area contributed by atoms with E-state index < -0.39 is 5.91 Å². The van der Waals surface area contributed by atoms with Crippen molar-refractivity contribution in [2.45, 2.75) is 77.2 Å². The van der Waals surface area contributed by atoms with E-state index in [1.807, 2.05) is 60.7 Å². The van der Waals surface area contributed by atoms with Gasteiger partial charge in [-0.3, -0.25) is 9.59 Å². The number of thiophene rings is 1. The first-order chi connectivity index (χ1) is 22.2. The molecule has 4 aliphatic rings. The lowest BCUT2D eigenvalue weighted by Gasteiger charge is -2.58. The third-order valence-corrected chi connectivity index (χ3v) is 13.2. The van der Waals surface area contributed by atoms with E-state index in [0.717, 1.165) is 56.1 Å². The summed E-state index contributed by atoms with van der Waals surface area (Å²) < 4.78 is 0. The number of fused-ring (bicyclic) bond motifs is 5. The van der Waals surface area contributed by atoms with Crippen LogP contribution in [-0.2, 0) is 4.79 Å². The molecule has 46 heavy (non-hydrogen) atoms. The maximum Gasteiger partial charge on any atom is 0.266 e. The van der Waals surface area contributed by atoms with Gasteiger partial charge >= 0.3 is 0 Å². The second-order valence-corrected chi connectivity index (χ2v) is 15.3. The Morgan fingerprint density at radius 3 is 2.46 bits per heavy atom. The molecule has 3 fully saturated rings. The summed E-state index contributed by atoms with van der Waals surface area (Å²) in [5.41, 5.74) is 4.70. The van der Waals surface area contributed by atoms with Crippen LogP contribution in [0, 0.1) is 39.9 Å². The largest absolute Gasteiger partial charge is 0.393 e. The Morgan fingerprint density at radius 1 is 0.978 bits per heavy atom. The molecule has 6 heteroatoms. The smallest absolute Gasteiger partial charge is 0.266 e. The lowest BCUT2D eigenvalue weighted by Crippen LogP contribution is -2.50. The van der Waals surface area contributed by atoms with Gasteiger partial charge in [-0.15, -0.1) is 11.3 Å². The van der Waals surface area contributed by atoms with Crippen LogP contribution in [0.3, 0.4) is 0 Å². The summed E-state index contributed by atoms with van der Waals surface area (Å²) in [4.78, 5) is 27.8. The Morgan fingerprint density at radius 2 is 1.72 bits per heavy atom. The number of ketones is 1. The van der Waals surface area contributed by atoms with Crippen molar-refractivity contribution in [2.75, 3.05) is 5.32 Å². The zero-order chi connectivity index (χ0) is 32.1. The topological polar surface area (TPSA) is 90.2 Å². The number of allylic oxidation sites excluding steroid dienone is 1. The molecule has 3 aromatic rings. The maximum absolute atomic E-state index is 14.3. The first-order valence-electron chi connectivity index (χ1n) is 16.8. The summed E-state index contributed by atoms with van der Waals surface area (Å²) in [5, 5.41) is 25.9. The first kappa shape index (κ1) is 30.8. The fourth-order valence-corrected chi connectivity index (χ4v) is 10.9. The molecule has 0 spiro atoms. The molecule has 236 valence electrons. The Labute approximate surface area is 276 Å². The lowest BCUT2D eigenvalue weighted by atomic mass is 9.47. The standard InChI is InChI=1S/C40H42N2O3S/c1-39-19-17-29(43)22-28(39)13-14-30-32-15-16-33(40(32,2)20-18-34(30)39)31-24-46-38(35(31)36(44)26-11-7-4-8-12-26)42-37(45)27(23-41)21-25-9-5-3-6-10-25/h3-13,21,24,29-30,32-34,43H,14-20,22H2,1-2H3,(H,42,45)/b27-21+/t29-,30-,32-,33+,34-,39-,40-/m0/s1. The number of hydrogen-bond donors (Lipinski definition) is 2. The fraction of sp³-hybridized carbons (Fsp3) is 0.425. The zero-order valence-electron chi connectivity index (χ0n) is 26.7. The summed E-state index contributed by atoms with van der Waals surface area (Å²) in [6, 6.07) is 20.7. The van der Waals surface area contributed by atoms with Crippen LogP contribution in [-0.4, -0.2) is 22.9 Å². The van der Waals surface area contributed by atoms with Crippen LogP contribution in [0.25, 0.3) is 6.08 Å². The average Bonchev–Trinajstić information content (AvgIpc) is 3.64. The highest BCUT2D eigenvalue weighted by molar-refractivity contribution is 7.15. The van der Waals surface area contributed by atoms with E-state index in [2.05, 4.69) is 36.7 Å². The fourth-order valence-electron chi connectivity index (χ4n) is 9.88. The Bertz CT molecular complexity index is 1750. The van der Waals surface area contributed by atoms with Gasteiger partial charge in [0.15, 0.2) is 5.78 Å². The highest BCUT2D eigenvalue weighted by atomic mass is 32.1. The highest BCUT2D eigenvalue weighted by Crippen LogP contribution is 2.68. The number of aliphatic hydroxyl groups is 1. The number of amides is 1. The van der Waals surface area contributed by atoms with Crippen molar-refractivity contribution < 1.29 is 14.7 Å². The summed E-state index contributed by atoms with van der Waals surface area (Å²) in [5.74, 6) is 1.44. The Kier molecular flexibility index (Phi) is 8.11. The van der Waals surface area contributed by atoms with Gasteiger partial charge in [-0.1, -0.05) is 86.2 Å². The SMILES string of the molecule is C[C@]12CC[C@H]3[C@@H](CC=C4C[C@@H](O)CC[C@@]43C)[C@@H]1CC[C@@H]2c1csc(NC(=O)/C(C#N)=C/c2ccccc2)c1C(=O)c1ccccc1. The number of rotatable bonds is 6. The van der Waals surface area contributed by atoms with E-state index in [1.54, 1.807) is 6.08 Å². The molecule has 0 saturated heterocycles. The molecule has 5 nitrogen and oxygen atoms in total. The molecule has 7 atom stereocenters. The van der Waals surface area contributed by atoms with E-state index in [-0.39, 0.29) is 34.2 Å². The Balaban J connectivity index is 1.23. The number of carbonyl (C=O) groups excluding carboxylic acids is 2. The number of benzene rings is 2. The van der Waals surface area contributed by atoms with Crippen molar-refractivity contribution >= 4 is 34.1 Å². The molecule has 4 aliphatic carbocycles. The summed E-state index contributed by atoms with van der Waals surface area (Å²) in [6.45, 7) is 4.92. The molecular weight excluding hydrogens is 589 g/mol. The number of hydrogen-bond acceptors (Lipinski definition) is 5. The van der Waals surface area contributed by atoms with Crippen LogP contribution in [0.2, 0.25) is 0 Å². The third kappa shape index (κ3) is 5.18. The van der Waals surface area contributed by atoms with Crippen LogP contribution < -0.4 is 5.32 Å². The van der Waals surface area contributed by atoms with Crippen LogP contribution in [0.4, 0.5) is 5.00 Å². The quantitative estimate of drug-likeness (QED) is 0.123.